The fourth-order valence-electron chi connectivity index (χ4n) is 2.91. The maximum atomic E-state index is 12.7. The highest BCUT2D eigenvalue weighted by atomic mass is 16.5. The van der Waals surface area contributed by atoms with Crippen LogP contribution in [0.25, 0.3) is 0 Å². The van der Waals surface area contributed by atoms with Crippen LogP contribution in [0.1, 0.15) is 47.4 Å². The number of ketones is 2. The second kappa shape index (κ2) is 13.3. The van der Waals surface area contributed by atoms with Crippen LogP contribution in [0.5, 0.6) is 0 Å². The van der Waals surface area contributed by atoms with Crippen molar-refractivity contribution < 1.29 is 38.2 Å². The predicted molar refractivity (Wildman–Crippen MR) is 134 cm³/mol. The summed E-state index contributed by atoms with van der Waals surface area (Å²) >= 11 is 0. The van der Waals surface area contributed by atoms with Gasteiger partial charge >= 0.3 is 11.9 Å². The van der Waals surface area contributed by atoms with Crippen molar-refractivity contribution in [2.24, 2.45) is 5.10 Å². The van der Waals surface area contributed by atoms with Crippen molar-refractivity contribution in [1.82, 2.24) is 0 Å². The Morgan fingerprint density at radius 1 is 0.838 bits per heavy atom. The van der Waals surface area contributed by atoms with E-state index in [-0.39, 0.29) is 35.4 Å². The fraction of sp³-hybridized carbons (Fsp3) is 0.240. The number of hydrogen-bond acceptors (Lipinski definition) is 10. The number of ether oxygens (including phenoxy) is 2. The van der Waals surface area contributed by atoms with Gasteiger partial charge in [-0.15, -0.1) is 0 Å². The van der Waals surface area contributed by atoms with Crippen LogP contribution in [-0.4, -0.2) is 55.3 Å². The molecule has 2 amide bonds. The summed E-state index contributed by atoms with van der Waals surface area (Å²) in [6.45, 7) is 2.79. The molecule has 0 unspecified atom stereocenters. The van der Waals surface area contributed by atoms with Gasteiger partial charge < -0.3 is 20.1 Å². The Morgan fingerprint density at radius 3 is 1.97 bits per heavy atom. The monoisotopic (exact) mass is 510 g/mol. The normalized spacial score (nSPS) is 10.6. The van der Waals surface area contributed by atoms with E-state index in [1.54, 1.807) is 6.92 Å². The summed E-state index contributed by atoms with van der Waals surface area (Å²) in [4.78, 5) is 72.0. The lowest BCUT2D eigenvalue weighted by Crippen LogP contribution is -2.29. The Kier molecular flexibility index (Phi) is 10.2. The number of amides is 2. The van der Waals surface area contributed by atoms with E-state index in [0.29, 0.717) is 11.4 Å². The Balaban J connectivity index is 2.20. The van der Waals surface area contributed by atoms with E-state index in [1.807, 2.05) is 0 Å². The van der Waals surface area contributed by atoms with Crippen molar-refractivity contribution in [3.8, 4) is 0 Å². The van der Waals surface area contributed by atoms with Crippen LogP contribution in [0, 0.1) is 0 Å². The predicted octanol–water partition coefficient (Wildman–Crippen LogP) is 2.56. The van der Waals surface area contributed by atoms with Crippen LogP contribution < -0.4 is 16.1 Å². The highest BCUT2D eigenvalue weighted by Crippen LogP contribution is 2.20. The van der Waals surface area contributed by atoms with Crippen molar-refractivity contribution in [2.45, 2.75) is 26.7 Å². The van der Waals surface area contributed by atoms with Crippen molar-refractivity contribution in [1.29, 1.82) is 0 Å². The number of Topliss-reactive ketones (excluding diaryl/α,β-unsaturated/α-hetero) is 2. The van der Waals surface area contributed by atoms with Gasteiger partial charge in [0.25, 0.3) is 5.91 Å². The molecule has 0 aliphatic heterocycles. The molecule has 0 atom stereocenters. The Bertz CT molecular complexity index is 1250. The van der Waals surface area contributed by atoms with Gasteiger partial charge in [0.2, 0.25) is 5.91 Å². The van der Waals surface area contributed by atoms with E-state index in [2.05, 4.69) is 25.9 Å². The quantitative estimate of drug-likeness (QED) is 0.178. The fourth-order valence-corrected chi connectivity index (χ4v) is 2.91. The number of benzene rings is 2. The van der Waals surface area contributed by atoms with E-state index >= 15 is 0 Å². The maximum Gasteiger partial charge on any atom is 0.340 e. The second-order valence-electron chi connectivity index (χ2n) is 7.52. The van der Waals surface area contributed by atoms with Crippen LogP contribution in [0.15, 0.2) is 47.6 Å². The molecule has 37 heavy (non-hydrogen) atoms. The van der Waals surface area contributed by atoms with Gasteiger partial charge in [0.15, 0.2) is 11.5 Å². The lowest BCUT2D eigenvalue weighted by Gasteiger charge is -2.11. The van der Waals surface area contributed by atoms with Crippen molar-refractivity contribution in [2.75, 3.05) is 30.3 Å². The van der Waals surface area contributed by atoms with E-state index in [9.17, 15) is 28.8 Å². The van der Waals surface area contributed by atoms with Gasteiger partial charge in [-0.2, -0.15) is 5.10 Å². The third-order valence-electron chi connectivity index (χ3n) is 4.86. The van der Waals surface area contributed by atoms with E-state index < -0.39 is 35.2 Å². The van der Waals surface area contributed by atoms with Crippen molar-refractivity contribution >= 4 is 58.1 Å². The van der Waals surface area contributed by atoms with Gasteiger partial charge in [-0.1, -0.05) is 6.92 Å². The zero-order valence-electron chi connectivity index (χ0n) is 20.7. The smallest absolute Gasteiger partial charge is 0.340 e. The molecule has 0 spiro atoms. The van der Waals surface area contributed by atoms with Crippen LogP contribution in [0.4, 0.5) is 17.1 Å². The largest absolute Gasteiger partial charge is 0.465 e. The van der Waals surface area contributed by atoms with Crippen molar-refractivity contribution in [3.05, 3.63) is 53.6 Å². The standard InChI is InChI=1S/C25H26N4O8/c1-5-18(31)13-21(32)26-16-7-9-17(10-8-16)27-23(33)22(14(2)30)29-28-20-12-15(24(34)36-3)6-11-19(20)25(35)37-4/h6-12,28H,5,13H2,1-4H3,(H,26,32)(H,27,33)/b29-22-. The van der Waals surface area contributed by atoms with Crippen LogP contribution in [-0.2, 0) is 28.7 Å². The van der Waals surface area contributed by atoms with Crippen LogP contribution >= 0.6 is 0 Å². The lowest BCUT2D eigenvalue weighted by atomic mass is 10.1. The molecule has 0 fully saturated rings. The zero-order valence-corrected chi connectivity index (χ0v) is 20.7. The van der Waals surface area contributed by atoms with Crippen molar-refractivity contribution in [3.63, 3.8) is 0 Å². The van der Waals surface area contributed by atoms with Gasteiger partial charge in [-0.3, -0.25) is 24.6 Å². The minimum absolute atomic E-state index is 0.000450. The summed E-state index contributed by atoms with van der Waals surface area (Å²) in [6, 6.07) is 9.89. The highest BCUT2D eigenvalue weighted by Gasteiger charge is 2.20. The molecule has 12 heteroatoms. The van der Waals surface area contributed by atoms with Gasteiger partial charge in [0, 0.05) is 24.7 Å². The third kappa shape index (κ3) is 8.09. The molecule has 0 aliphatic rings. The summed E-state index contributed by atoms with van der Waals surface area (Å²) in [5.74, 6) is -3.60. The van der Waals surface area contributed by atoms with E-state index in [1.165, 1.54) is 56.7 Å². The maximum absolute atomic E-state index is 12.7. The van der Waals surface area contributed by atoms with Crippen LogP contribution in [0.3, 0.4) is 0 Å². The first-order chi connectivity index (χ1) is 17.6. The molecule has 0 saturated carbocycles. The number of rotatable bonds is 11. The molecule has 0 radical (unpaired) electrons. The van der Waals surface area contributed by atoms with Gasteiger partial charge in [0.1, 0.15) is 5.78 Å². The van der Waals surface area contributed by atoms with E-state index in [4.69, 9.17) is 4.74 Å². The number of methoxy groups -OCH3 is 2. The molecule has 194 valence electrons. The summed E-state index contributed by atoms with van der Waals surface area (Å²) in [7, 11) is 2.35. The molecule has 0 saturated heterocycles. The molecule has 0 heterocycles. The van der Waals surface area contributed by atoms with E-state index in [0.717, 1.165) is 6.92 Å². The third-order valence-corrected chi connectivity index (χ3v) is 4.86. The first-order valence-electron chi connectivity index (χ1n) is 11.0. The zero-order chi connectivity index (χ0) is 27.5. The molecule has 2 aromatic rings. The minimum Gasteiger partial charge on any atom is -0.465 e. The summed E-state index contributed by atoms with van der Waals surface area (Å²) < 4.78 is 9.37. The summed E-state index contributed by atoms with van der Waals surface area (Å²) in [5.41, 5.74) is 2.75. The number of carbonyl (C=O) groups is 6. The number of hydrogen-bond donors (Lipinski definition) is 3. The summed E-state index contributed by atoms with van der Waals surface area (Å²) in [5, 5.41) is 8.92. The number of anilines is 3. The first kappa shape index (κ1) is 28.4. The minimum atomic E-state index is -0.853. The highest BCUT2D eigenvalue weighted by molar-refractivity contribution is 6.67. The molecule has 2 rings (SSSR count). The Labute approximate surface area is 212 Å². The van der Waals surface area contributed by atoms with Gasteiger partial charge in [-0.05, 0) is 42.5 Å². The number of esters is 2. The first-order valence-corrected chi connectivity index (χ1v) is 11.0. The number of nitrogens with one attached hydrogen (secondary N) is 3. The molecule has 2 aromatic carbocycles. The molecule has 3 N–H and O–H groups in total. The second-order valence-corrected chi connectivity index (χ2v) is 7.52. The lowest BCUT2D eigenvalue weighted by molar-refractivity contribution is -0.125. The van der Waals surface area contributed by atoms with Gasteiger partial charge in [-0.25, -0.2) is 9.59 Å². The van der Waals surface area contributed by atoms with Crippen LogP contribution in [0.2, 0.25) is 0 Å². The Morgan fingerprint density at radius 2 is 1.43 bits per heavy atom. The Hall–Kier alpha value is -4.87. The average molecular weight is 511 g/mol. The molecule has 0 aromatic heterocycles. The van der Waals surface area contributed by atoms with Gasteiger partial charge in [0.05, 0.1) is 37.5 Å². The number of hydrazone groups is 1. The molecule has 0 aliphatic carbocycles. The molecule has 12 nitrogen and oxygen atoms in total. The molecular formula is C25H26N4O8. The SMILES string of the molecule is CCC(=O)CC(=O)Nc1ccc(NC(=O)/C(=N\Nc2cc(C(=O)OC)ccc2C(=O)OC)C(C)=O)cc1. The molecular weight excluding hydrogens is 484 g/mol. The number of nitrogens with zero attached hydrogens (tertiary/aromatic N) is 1. The summed E-state index contributed by atoms with van der Waals surface area (Å²) in [6.07, 6.45) is 0.0225. The number of carbonyl (C=O) groups excluding carboxylic acids is 6. The average Bonchev–Trinajstić information content (AvgIpc) is 2.88. The topological polar surface area (TPSA) is 169 Å². The molecule has 0 bridgehead atoms.